The molecule has 1 aromatic heterocycles. The standard InChI is InChI=1S/C18H15FN2O2/c1-21-9-13-7-12(8-16(19)17(13)20-21)10-2-4-14-11(6-10)3-5-15(14)18(22)23/h2,4,6-9,15H,3,5H2,1H3,(H,22,23). The summed E-state index contributed by atoms with van der Waals surface area (Å²) in [6.07, 6.45) is 3.16. The smallest absolute Gasteiger partial charge is 0.310 e. The van der Waals surface area contributed by atoms with Gasteiger partial charge in [-0.05, 0) is 47.2 Å². The van der Waals surface area contributed by atoms with Crippen LogP contribution in [0, 0.1) is 5.82 Å². The molecule has 0 saturated carbocycles. The Balaban J connectivity index is 1.81. The minimum atomic E-state index is -0.778. The molecule has 0 radical (unpaired) electrons. The molecule has 23 heavy (non-hydrogen) atoms. The maximum Gasteiger partial charge on any atom is 0.310 e. The van der Waals surface area contributed by atoms with Crippen molar-refractivity contribution in [1.82, 2.24) is 9.78 Å². The van der Waals surface area contributed by atoms with E-state index in [2.05, 4.69) is 5.10 Å². The Morgan fingerprint density at radius 2 is 2.13 bits per heavy atom. The fourth-order valence-electron chi connectivity index (χ4n) is 3.43. The van der Waals surface area contributed by atoms with Crippen LogP contribution in [-0.4, -0.2) is 20.9 Å². The topological polar surface area (TPSA) is 55.1 Å². The number of hydrogen-bond acceptors (Lipinski definition) is 2. The summed E-state index contributed by atoms with van der Waals surface area (Å²) in [4.78, 5) is 11.3. The highest BCUT2D eigenvalue weighted by molar-refractivity contribution is 5.85. The molecule has 1 atom stereocenters. The molecule has 5 heteroatoms. The van der Waals surface area contributed by atoms with Gasteiger partial charge in [-0.3, -0.25) is 9.48 Å². The van der Waals surface area contributed by atoms with Crippen molar-refractivity contribution >= 4 is 16.9 Å². The van der Waals surface area contributed by atoms with E-state index < -0.39 is 11.9 Å². The molecule has 0 spiro atoms. The molecule has 1 N–H and O–H groups in total. The second-order valence-electron chi connectivity index (χ2n) is 6.04. The first-order valence-electron chi connectivity index (χ1n) is 7.52. The second kappa shape index (κ2) is 4.91. The van der Waals surface area contributed by atoms with Crippen LogP contribution in [0.4, 0.5) is 4.39 Å². The van der Waals surface area contributed by atoms with Gasteiger partial charge in [0, 0.05) is 18.6 Å². The van der Waals surface area contributed by atoms with E-state index in [0.29, 0.717) is 11.9 Å². The van der Waals surface area contributed by atoms with Crippen LogP contribution < -0.4 is 0 Å². The Bertz CT molecular complexity index is 946. The molecule has 1 aliphatic carbocycles. The molecule has 116 valence electrons. The molecule has 4 nitrogen and oxygen atoms in total. The van der Waals surface area contributed by atoms with Gasteiger partial charge < -0.3 is 5.11 Å². The Morgan fingerprint density at radius 3 is 2.91 bits per heavy atom. The number of fused-ring (bicyclic) bond motifs is 2. The first-order chi connectivity index (χ1) is 11.0. The summed E-state index contributed by atoms with van der Waals surface area (Å²) < 4.78 is 15.8. The number of nitrogens with zero attached hydrogens (tertiary/aromatic N) is 2. The number of rotatable bonds is 2. The third-order valence-corrected chi connectivity index (χ3v) is 4.53. The van der Waals surface area contributed by atoms with Gasteiger partial charge in [0.2, 0.25) is 0 Å². The van der Waals surface area contributed by atoms with Gasteiger partial charge in [-0.15, -0.1) is 0 Å². The highest BCUT2D eigenvalue weighted by Crippen LogP contribution is 2.36. The van der Waals surface area contributed by atoms with Crippen LogP contribution in [0.3, 0.4) is 0 Å². The summed E-state index contributed by atoms with van der Waals surface area (Å²) in [6.45, 7) is 0. The van der Waals surface area contributed by atoms with Gasteiger partial charge in [-0.1, -0.05) is 18.2 Å². The lowest BCUT2D eigenvalue weighted by Gasteiger charge is -2.08. The molecular weight excluding hydrogens is 295 g/mol. The number of aliphatic carboxylic acids is 1. The van der Waals surface area contributed by atoms with Gasteiger partial charge in [-0.2, -0.15) is 5.10 Å². The minimum absolute atomic E-state index is 0.345. The van der Waals surface area contributed by atoms with Crippen molar-refractivity contribution in [1.29, 1.82) is 0 Å². The molecule has 4 rings (SSSR count). The molecular formula is C18H15FN2O2. The van der Waals surface area contributed by atoms with Crippen LogP contribution >= 0.6 is 0 Å². The average Bonchev–Trinajstić information content (AvgIpc) is 3.09. The third-order valence-electron chi connectivity index (χ3n) is 4.53. The van der Waals surface area contributed by atoms with E-state index in [9.17, 15) is 14.3 Å². The quantitative estimate of drug-likeness (QED) is 0.788. The number of halogens is 1. The molecule has 1 unspecified atom stereocenters. The van der Waals surface area contributed by atoms with Crippen molar-refractivity contribution in [3.63, 3.8) is 0 Å². The van der Waals surface area contributed by atoms with E-state index in [1.807, 2.05) is 24.3 Å². The maximum absolute atomic E-state index is 14.2. The number of aryl methyl sites for hydroxylation is 2. The van der Waals surface area contributed by atoms with Crippen LogP contribution in [0.1, 0.15) is 23.5 Å². The summed E-state index contributed by atoms with van der Waals surface area (Å²) in [6, 6.07) is 9.12. The lowest BCUT2D eigenvalue weighted by molar-refractivity contribution is -0.138. The fraction of sp³-hybridized carbons (Fsp3) is 0.222. The first-order valence-corrected chi connectivity index (χ1v) is 7.52. The monoisotopic (exact) mass is 310 g/mol. The summed E-state index contributed by atoms with van der Waals surface area (Å²) in [5.41, 5.74) is 3.97. The van der Waals surface area contributed by atoms with Crippen LogP contribution in [-0.2, 0) is 18.3 Å². The van der Waals surface area contributed by atoms with Crippen LogP contribution in [0.2, 0.25) is 0 Å². The number of benzene rings is 2. The lowest BCUT2D eigenvalue weighted by Crippen LogP contribution is -2.07. The Hall–Kier alpha value is -2.69. The van der Waals surface area contributed by atoms with Crippen LogP contribution in [0.15, 0.2) is 36.5 Å². The zero-order chi connectivity index (χ0) is 16.1. The fourth-order valence-corrected chi connectivity index (χ4v) is 3.43. The summed E-state index contributed by atoms with van der Waals surface area (Å²) in [5, 5.41) is 14.1. The maximum atomic E-state index is 14.2. The molecule has 0 amide bonds. The molecule has 3 aromatic rings. The molecule has 0 bridgehead atoms. The molecule has 0 aliphatic heterocycles. The number of carboxylic acid groups (broad SMARTS) is 1. The van der Waals surface area contributed by atoms with E-state index in [0.717, 1.165) is 34.1 Å². The van der Waals surface area contributed by atoms with Gasteiger partial charge in [0.25, 0.3) is 0 Å². The largest absolute Gasteiger partial charge is 0.481 e. The zero-order valence-corrected chi connectivity index (χ0v) is 12.6. The van der Waals surface area contributed by atoms with Gasteiger partial charge in [0.15, 0.2) is 5.82 Å². The number of carbonyl (C=O) groups is 1. The van der Waals surface area contributed by atoms with E-state index in [1.54, 1.807) is 17.9 Å². The van der Waals surface area contributed by atoms with Gasteiger partial charge in [-0.25, -0.2) is 4.39 Å². The number of aromatic nitrogens is 2. The van der Waals surface area contributed by atoms with E-state index >= 15 is 0 Å². The van der Waals surface area contributed by atoms with Crippen LogP contribution in [0.5, 0.6) is 0 Å². The van der Waals surface area contributed by atoms with Crippen molar-refractivity contribution in [2.24, 2.45) is 7.05 Å². The van der Waals surface area contributed by atoms with Gasteiger partial charge in [0.05, 0.1) is 5.92 Å². The summed E-state index contributed by atoms with van der Waals surface area (Å²) in [7, 11) is 1.76. The van der Waals surface area contributed by atoms with Crippen molar-refractivity contribution in [3.8, 4) is 11.1 Å². The Morgan fingerprint density at radius 1 is 1.30 bits per heavy atom. The van der Waals surface area contributed by atoms with E-state index in [4.69, 9.17) is 0 Å². The van der Waals surface area contributed by atoms with Crippen molar-refractivity contribution in [2.45, 2.75) is 18.8 Å². The van der Waals surface area contributed by atoms with E-state index in [-0.39, 0.29) is 5.82 Å². The number of carboxylic acids is 1. The Kier molecular flexibility index (Phi) is 2.98. The molecule has 1 aliphatic rings. The third kappa shape index (κ3) is 2.20. The molecule has 2 aromatic carbocycles. The summed E-state index contributed by atoms with van der Waals surface area (Å²) in [5.74, 6) is -1.54. The van der Waals surface area contributed by atoms with Crippen molar-refractivity contribution in [2.75, 3.05) is 0 Å². The second-order valence-corrected chi connectivity index (χ2v) is 6.04. The van der Waals surface area contributed by atoms with Crippen molar-refractivity contribution < 1.29 is 14.3 Å². The van der Waals surface area contributed by atoms with Gasteiger partial charge in [0.1, 0.15) is 5.52 Å². The van der Waals surface area contributed by atoms with E-state index in [1.165, 1.54) is 6.07 Å². The van der Waals surface area contributed by atoms with Crippen LogP contribution in [0.25, 0.3) is 22.0 Å². The Labute approximate surface area is 132 Å². The normalized spacial score (nSPS) is 16.7. The predicted molar refractivity (Wildman–Crippen MR) is 84.8 cm³/mol. The predicted octanol–water partition coefficient (Wildman–Crippen LogP) is 3.49. The molecule has 0 saturated heterocycles. The van der Waals surface area contributed by atoms with Gasteiger partial charge >= 0.3 is 5.97 Å². The highest BCUT2D eigenvalue weighted by Gasteiger charge is 2.28. The highest BCUT2D eigenvalue weighted by atomic mass is 19.1. The summed E-state index contributed by atoms with van der Waals surface area (Å²) >= 11 is 0. The number of hydrogen-bond donors (Lipinski definition) is 1. The molecule has 1 heterocycles. The zero-order valence-electron chi connectivity index (χ0n) is 12.6. The van der Waals surface area contributed by atoms with Crippen molar-refractivity contribution in [3.05, 3.63) is 53.5 Å². The molecule has 0 fully saturated rings. The minimum Gasteiger partial charge on any atom is -0.481 e. The first kappa shape index (κ1) is 13.9. The average molecular weight is 310 g/mol. The lowest BCUT2D eigenvalue weighted by atomic mass is 9.96. The SMILES string of the molecule is Cn1cc2cc(-c3ccc4c(c3)CCC4C(=O)O)cc(F)c2n1.